The van der Waals surface area contributed by atoms with Crippen LogP contribution in [0.5, 0.6) is 5.75 Å². The molecule has 10 atom stereocenters. The van der Waals surface area contributed by atoms with Crippen LogP contribution in [0.25, 0.3) is 0 Å². The molecule has 8 rings (SSSR count). The van der Waals surface area contributed by atoms with E-state index in [2.05, 4.69) is 43.9 Å². The minimum absolute atomic E-state index is 0.104. The molecule has 4 saturated carbocycles. The summed E-state index contributed by atoms with van der Waals surface area (Å²) in [6.45, 7) is 4.47. The summed E-state index contributed by atoms with van der Waals surface area (Å²) in [6.07, 6.45) is 26.5. The van der Waals surface area contributed by atoms with Gasteiger partial charge in [-0.05, 0) is 142 Å². The number of carbonyl (C=O) groups excluding carboxylic acids is 1. The number of aliphatic hydroxyl groups is 2. The summed E-state index contributed by atoms with van der Waals surface area (Å²) in [4.78, 5) is 11.7. The lowest BCUT2D eigenvalue weighted by molar-refractivity contribution is -0.119. The van der Waals surface area contributed by atoms with Crippen molar-refractivity contribution in [2.75, 3.05) is 7.11 Å². The zero-order valence-corrected chi connectivity index (χ0v) is 27.7. The highest BCUT2D eigenvalue weighted by molar-refractivity contribution is 5.82. The van der Waals surface area contributed by atoms with Gasteiger partial charge in [0.15, 0.2) is 0 Å². The van der Waals surface area contributed by atoms with Crippen LogP contribution in [0.4, 0.5) is 0 Å². The number of allylic oxidation sites excluding steroid dienone is 2. The van der Waals surface area contributed by atoms with Crippen LogP contribution in [0, 0.1) is 65.1 Å². The van der Waals surface area contributed by atoms with E-state index in [0.29, 0.717) is 41.3 Å². The second-order valence-corrected chi connectivity index (χ2v) is 16.2. The van der Waals surface area contributed by atoms with Crippen LogP contribution in [-0.4, -0.2) is 34.3 Å². The molecule has 7 aliphatic rings. The molecule has 1 aromatic carbocycles. The number of Topliss-reactive ketones (excluding diaryl/α,β-unsaturated/α-hetero) is 1. The van der Waals surface area contributed by atoms with Gasteiger partial charge >= 0.3 is 0 Å². The van der Waals surface area contributed by atoms with E-state index in [-0.39, 0.29) is 10.8 Å². The monoisotopic (exact) mass is 608 g/mol. The quantitative estimate of drug-likeness (QED) is 0.255. The molecule has 0 unspecified atom stereocenters. The predicted octanol–water partition coefficient (Wildman–Crippen LogP) is 7.55. The first-order chi connectivity index (χ1) is 21.5. The minimum Gasteiger partial charge on any atom is -0.497 e. The Bertz CT molecular complexity index is 1490. The third-order valence-corrected chi connectivity index (χ3v) is 14.9. The van der Waals surface area contributed by atoms with E-state index < -0.39 is 11.2 Å². The number of aryl methyl sites for hydroxylation is 1. The maximum atomic E-state index is 11.7. The molecule has 0 heterocycles. The van der Waals surface area contributed by atoms with Gasteiger partial charge in [-0.2, -0.15) is 0 Å². The van der Waals surface area contributed by atoms with E-state index in [0.717, 1.165) is 89.2 Å². The number of hydrogen-bond donors (Lipinski definition) is 2. The first-order valence-corrected chi connectivity index (χ1v) is 17.8. The molecule has 7 aliphatic carbocycles. The van der Waals surface area contributed by atoms with E-state index in [9.17, 15) is 15.0 Å². The maximum absolute atomic E-state index is 11.7. The summed E-state index contributed by atoms with van der Waals surface area (Å²) in [5, 5.41) is 21.9. The molecule has 0 bridgehead atoms. The van der Waals surface area contributed by atoms with Crippen molar-refractivity contribution in [1.29, 1.82) is 0 Å². The molecule has 4 heteroatoms. The molecule has 0 radical (unpaired) electrons. The molecule has 2 N–H and O–H groups in total. The number of terminal acetylenes is 2. The van der Waals surface area contributed by atoms with Gasteiger partial charge in [-0.3, -0.25) is 4.79 Å². The normalized spacial score (nSPS) is 44.4. The van der Waals surface area contributed by atoms with E-state index in [1.165, 1.54) is 29.5 Å². The van der Waals surface area contributed by atoms with Crippen LogP contribution >= 0.6 is 0 Å². The predicted molar refractivity (Wildman–Crippen MR) is 177 cm³/mol. The zero-order chi connectivity index (χ0) is 31.8. The summed E-state index contributed by atoms with van der Waals surface area (Å²) < 4.78 is 5.39. The zero-order valence-electron chi connectivity index (χ0n) is 27.7. The van der Waals surface area contributed by atoms with Gasteiger partial charge in [-0.25, -0.2) is 0 Å². The summed E-state index contributed by atoms with van der Waals surface area (Å²) in [5.41, 5.74) is 4.04. The molecular weight excluding hydrogens is 556 g/mol. The van der Waals surface area contributed by atoms with Crippen LogP contribution in [0.15, 0.2) is 29.3 Å². The number of benzene rings is 1. The third kappa shape index (κ3) is 4.53. The number of ketones is 1. The van der Waals surface area contributed by atoms with Crippen molar-refractivity contribution in [3.8, 4) is 30.4 Å². The Morgan fingerprint density at radius 2 is 1.38 bits per heavy atom. The smallest absolute Gasteiger partial charge is 0.137 e. The molecule has 45 heavy (non-hydrogen) atoms. The maximum Gasteiger partial charge on any atom is 0.137 e. The topological polar surface area (TPSA) is 66.8 Å². The Balaban J connectivity index is 0.000000145. The van der Waals surface area contributed by atoms with Crippen LogP contribution < -0.4 is 4.74 Å². The van der Waals surface area contributed by atoms with Crippen LogP contribution in [0.3, 0.4) is 0 Å². The number of fused-ring (bicyclic) bond motifs is 9. The second-order valence-electron chi connectivity index (χ2n) is 16.2. The largest absolute Gasteiger partial charge is 0.497 e. The highest BCUT2D eigenvalue weighted by Crippen LogP contribution is 2.65. The first-order valence-electron chi connectivity index (χ1n) is 17.8. The van der Waals surface area contributed by atoms with Gasteiger partial charge in [0, 0.05) is 23.7 Å². The Labute approximate surface area is 270 Å². The summed E-state index contributed by atoms with van der Waals surface area (Å²) >= 11 is 0. The minimum atomic E-state index is -0.903. The van der Waals surface area contributed by atoms with Crippen LogP contribution in [-0.2, 0) is 11.2 Å². The highest BCUT2D eigenvalue weighted by Gasteiger charge is 2.62. The SMILES string of the molecule is C#C[C@]1(O)CC[C@H]2[C@@H]3CCC4=C(CCC(=O)C4)[C@H]3CC[C@@]21C.C#C[C@]1(O)CC[C@H]2[C@@H]3CCc4cc(OC)ccc4[C@H]3CC[C@@]21C. The average molecular weight is 609 g/mol. The first kappa shape index (κ1) is 31.1. The van der Waals surface area contributed by atoms with E-state index in [1.807, 2.05) is 0 Å². The molecule has 0 saturated heterocycles. The van der Waals surface area contributed by atoms with Gasteiger partial charge < -0.3 is 14.9 Å². The van der Waals surface area contributed by atoms with E-state index >= 15 is 0 Å². The van der Waals surface area contributed by atoms with Crippen molar-refractivity contribution in [3.63, 3.8) is 0 Å². The molecule has 0 amide bonds. The summed E-state index contributed by atoms with van der Waals surface area (Å²) in [6, 6.07) is 6.59. The van der Waals surface area contributed by atoms with E-state index in [1.54, 1.807) is 12.7 Å². The number of methoxy groups -OCH3 is 1. The Morgan fingerprint density at radius 3 is 2.00 bits per heavy atom. The lowest BCUT2D eigenvalue weighted by Crippen LogP contribution is -2.50. The van der Waals surface area contributed by atoms with Crippen molar-refractivity contribution < 1.29 is 19.7 Å². The van der Waals surface area contributed by atoms with Gasteiger partial charge in [0.2, 0.25) is 0 Å². The summed E-state index contributed by atoms with van der Waals surface area (Å²) in [7, 11) is 1.73. The molecule has 240 valence electrons. The molecule has 0 aliphatic heterocycles. The number of ether oxygens (including phenoxy) is 1. The third-order valence-electron chi connectivity index (χ3n) is 14.9. The van der Waals surface area contributed by atoms with Gasteiger partial charge in [-0.1, -0.05) is 42.9 Å². The molecule has 4 fully saturated rings. The molecule has 0 spiro atoms. The van der Waals surface area contributed by atoms with Crippen LogP contribution in [0.2, 0.25) is 0 Å². The highest BCUT2D eigenvalue weighted by atomic mass is 16.5. The number of hydrogen-bond acceptors (Lipinski definition) is 4. The lowest BCUT2D eigenvalue weighted by atomic mass is 9.52. The van der Waals surface area contributed by atoms with Crippen molar-refractivity contribution in [2.24, 2.45) is 40.4 Å². The van der Waals surface area contributed by atoms with Crippen molar-refractivity contribution >= 4 is 5.78 Å². The van der Waals surface area contributed by atoms with Crippen LogP contribution in [0.1, 0.15) is 121 Å². The second kappa shape index (κ2) is 11.0. The average Bonchev–Trinajstić information content (AvgIpc) is 3.49. The lowest BCUT2D eigenvalue weighted by Gasteiger charge is -2.53. The van der Waals surface area contributed by atoms with Crippen molar-refractivity contribution in [2.45, 2.75) is 127 Å². The number of rotatable bonds is 1. The Kier molecular flexibility index (Phi) is 7.62. The van der Waals surface area contributed by atoms with Gasteiger partial charge in [0.25, 0.3) is 0 Å². The number of carbonyl (C=O) groups is 1. The Hall–Kier alpha value is -2.53. The van der Waals surface area contributed by atoms with Crippen molar-refractivity contribution in [3.05, 3.63) is 40.5 Å². The Morgan fingerprint density at radius 1 is 0.778 bits per heavy atom. The fourth-order valence-electron chi connectivity index (χ4n) is 12.2. The standard InChI is InChI=1S/C21H26O2.C20H26O2/c1-4-21(22)12-10-19-18-7-5-14-13-15(23-3)6-8-16(14)17(18)9-11-20(19,21)2;1-3-20(22)11-9-18-17-6-4-13-12-14(21)5-7-15(13)16(17)8-10-19(18,20)2/h1,6,8,13,17-19,22H,5,7,9-12H2,2-3H3;1,16-18,22H,4-12H2,2H3/t17-,18-,19+,20+,21+;16-,17-,18+,19+,20+/m11/s1. The fraction of sp³-hybridized carbons (Fsp3) is 0.683. The van der Waals surface area contributed by atoms with Gasteiger partial charge in [0.1, 0.15) is 22.7 Å². The van der Waals surface area contributed by atoms with Gasteiger partial charge in [-0.15, -0.1) is 12.8 Å². The van der Waals surface area contributed by atoms with Crippen molar-refractivity contribution in [1.82, 2.24) is 0 Å². The molecule has 1 aromatic rings. The molecule has 0 aromatic heterocycles. The fourth-order valence-corrected chi connectivity index (χ4v) is 12.2. The van der Waals surface area contributed by atoms with E-state index in [4.69, 9.17) is 17.6 Å². The summed E-state index contributed by atoms with van der Waals surface area (Å²) in [5.74, 6) is 10.6. The van der Waals surface area contributed by atoms with Gasteiger partial charge in [0.05, 0.1) is 7.11 Å². The molecule has 4 nitrogen and oxygen atoms in total. The molecular formula is C41H52O4.